The monoisotopic (exact) mass is 226 g/mol. The number of piperazine rings is 1. The Bertz CT molecular complexity index is 257. The van der Waals surface area contributed by atoms with Crippen LogP contribution in [0.1, 0.15) is 19.8 Å². The van der Waals surface area contributed by atoms with Crippen LogP contribution in [-0.4, -0.2) is 59.6 Å². The van der Waals surface area contributed by atoms with E-state index in [1.807, 2.05) is 6.92 Å². The quantitative estimate of drug-likeness (QED) is 0.310. The number of hydrogen-bond donors (Lipinski definition) is 2. The van der Waals surface area contributed by atoms with Gasteiger partial charge in [0.15, 0.2) is 5.84 Å². The van der Waals surface area contributed by atoms with Crippen molar-refractivity contribution >= 4 is 5.84 Å². The molecule has 92 valence electrons. The van der Waals surface area contributed by atoms with Gasteiger partial charge in [0, 0.05) is 32.7 Å². The second-order valence-corrected chi connectivity index (χ2v) is 4.98. The molecule has 5 nitrogen and oxygen atoms in total. The van der Waals surface area contributed by atoms with Crippen LogP contribution in [-0.2, 0) is 0 Å². The topological polar surface area (TPSA) is 65.1 Å². The zero-order chi connectivity index (χ0) is 11.5. The van der Waals surface area contributed by atoms with Gasteiger partial charge in [0.2, 0.25) is 0 Å². The second-order valence-electron chi connectivity index (χ2n) is 4.98. The Hall–Kier alpha value is -0.810. The summed E-state index contributed by atoms with van der Waals surface area (Å²) < 4.78 is 0. The molecule has 1 atom stereocenters. The zero-order valence-corrected chi connectivity index (χ0v) is 9.97. The summed E-state index contributed by atoms with van der Waals surface area (Å²) in [6.07, 6.45) is 2.83. The molecule has 1 saturated carbocycles. The van der Waals surface area contributed by atoms with Gasteiger partial charge in [-0.15, -0.1) is 0 Å². The number of nitrogens with zero attached hydrogens (tertiary/aromatic N) is 3. The van der Waals surface area contributed by atoms with Gasteiger partial charge in [-0.3, -0.25) is 4.90 Å². The summed E-state index contributed by atoms with van der Waals surface area (Å²) in [7, 11) is 0. The normalized spacial score (nSPS) is 26.9. The molecule has 5 heteroatoms. The lowest BCUT2D eigenvalue weighted by molar-refractivity contribution is 0.117. The SMILES string of the molecule is CC(C(N)=NO)N1CCN(CC2CC2)CC1. The van der Waals surface area contributed by atoms with Gasteiger partial charge in [-0.05, 0) is 25.7 Å². The van der Waals surface area contributed by atoms with Crippen LogP contribution in [0.3, 0.4) is 0 Å². The lowest BCUT2D eigenvalue weighted by Gasteiger charge is -2.37. The fourth-order valence-corrected chi connectivity index (χ4v) is 2.27. The molecule has 3 N–H and O–H groups in total. The van der Waals surface area contributed by atoms with Crippen molar-refractivity contribution in [3.05, 3.63) is 0 Å². The molecular formula is C11H22N4O. The lowest BCUT2D eigenvalue weighted by atomic mass is 10.2. The van der Waals surface area contributed by atoms with Crippen LogP contribution >= 0.6 is 0 Å². The summed E-state index contributed by atoms with van der Waals surface area (Å²) >= 11 is 0. The van der Waals surface area contributed by atoms with E-state index in [9.17, 15) is 0 Å². The molecule has 1 unspecified atom stereocenters. The third kappa shape index (κ3) is 2.86. The molecule has 1 heterocycles. The van der Waals surface area contributed by atoms with Gasteiger partial charge in [0.05, 0.1) is 6.04 Å². The molecular weight excluding hydrogens is 204 g/mol. The van der Waals surface area contributed by atoms with Crippen LogP contribution < -0.4 is 5.73 Å². The Morgan fingerprint density at radius 2 is 2.00 bits per heavy atom. The third-order valence-electron chi connectivity index (χ3n) is 3.71. The smallest absolute Gasteiger partial charge is 0.156 e. The molecule has 1 aliphatic carbocycles. The van der Waals surface area contributed by atoms with Crippen LogP contribution in [0, 0.1) is 5.92 Å². The minimum atomic E-state index is 0.0491. The average Bonchev–Trinajstić information content (AvgIpc) is 3.12. The number of rotatable bonds is 4. The Labute approximate surface area is 96.9 Å². The van der Waals surface area contributed by atoms with E-state index < -0.39 is 0 Å². The van der Waals surface area contributed by atoms with Gasteiger partial charge in [0.25, 0.3) is 0 Å². The van der Waals surface area contributed by atoms with Crippen molar-refractivity contribution in [2.24, 2.45) is 16.8 Å². The predicted molar refractivity (Wildman–Crippen MR) is 63.6 cm³/mol. The molecule has 2 fully saturated rings. The predicted octanol–water partition coefficient (Wildman–Crippen LogP) is 0.149. The number of nitrogens with two attached hydrogens (primary N) is 1. The summed E-state index contributed by atoms with van der Waals surface area (Å²) in [6, 6.07) is 0.0491. The van der Waals surface area contributed by atoms with Crippen molar-refractivity contribution in [3.8, 4) is 0 Å². The van der Waals surface area contributed by atoms with E-state index in [1.54, 1.807) is 0 Å². The molecule has 1 aliphatic heterocycles. The van der Waals surface area contributed by atoms with E-state index in [0.717, 1.165) is 32.1 Å². The van der Waals surface area contributed by atoms with Crippen molar-refractivity contribution in [1.29, 1.82) is 0 Å². The van der Waals surface area contributed by atoms with E-state index in [2.05, 4.69) is 15.0 Å². The first-order chi connectivity index (χ1) is 7.70. The van der Waals surface area contributed by atoms with Gasteiger partial charge >= 0.3 is 0 Å². The second kappa shape index (κ2) is 5.01. The average molecular weight is 226 g/mol. The summed E-state index contributed by atoms with van der Waals surface area (Å²) in [5.41, 5.74) is 5.62. The van der Waals surface area contributed by atoms with E-state index in [4.69, 9.17) is 10.9 Å². The van der Waals surface area contributed by atoms with Gasteiger partial charge in [-0.1, -0.05) is 5.16 Å². The van der Waals surface area contributed by atoms with Crippen LogP contribution in [0.15, 0.2) is 5.16 Å². The van der Waals surface area contributed by atoms with Crippen molar-refractivity contribution in [1.82, 2.24) is 9.80 Å². The maximum Gasteiger partial charge on any atom is 0.156 e. The minimum Gasteiger partial charge on any atom is -0.409 e. The molecule has 0 aromatic heterocycles. The molecule has 0 spiro atoms. The number of hydrogen-bond acceptors (Lipinski definition) is 4. The largest absolute Gasteiger partial charge is 0.409 e. The van der Waals surface area contributed by atoms with E-state index in [0.29, 0.717) is 5.84 Å². The van der Waals surface area contributed by atoms with Crippen molar-refractivity contribution in [2.75, 3.05) is 32.7 Å². The van der Waals surface area contributed by atoms with Crippen LogP contribution in [0.5, 0.6) is 0 Å². The summed E-state index contributed by atoms with van der Waals surface area (Å²) in [4.78, 5) is 4.81. The van der Waals surface area contributed by atoms with Crippen molar-refractivity contribution in [3.63, 3.8) is 0 Å². The fourth-order valence-electron chi connectivity index (χ4n) is 2.27. The molecule has 0 aromatic rings. The lowest BCUT2D eigenvalue weighted by Crippen LogP contribution is -2.53. The molecule has 0 aromatic carbocycles. The third-order valence-corrected chi connectivity index (χ3v) is 3.71. The van der Waals surface area contributed by atoms with Crippen LogP contribution in [0.4, 0.5) is 0 Å². The van der Waals surface area contributed by atoms with Crippen molar-refractivity contribution in [2.45, 2.75) is 25.8 Å². The highest BCUT2D eigenvalue weighted by molar-refractivity contribution is 5.84. The summed E-state index contributed by atoms with van der Waals surface area (Å²) in [5.74, 6) is 1.28. The minimum absolute atomic E-state index is 0.0491. The molecule has 2 rings (SSSR count). The Morgan fingerprint density at radius 1 is 1.38 bits per heavy atom. The molecule has 2 aliphatic rings. The first kappa shape index (κ1) is 11.7. The van der Waals surface area contributed by atoms with Crippen LogP contribution in [0.2, 0.25) is 0 Å². The summed E-state index contributed by atoms with van der Waals surface area (Å²) in [5, 5.41) is 11.7. The fraction of sp³-hybridized carbons (Fsp3) is 0.909. The van der Waals surface area contributed by atoms with Crippen molar-refractivity contribution < 1.29 is 5.21 Å². The maximum absolute atomic E-state index is 8.64. The highest BCUT2D eigenvalue weighted by Gasteiger charge is 2.28. The highest BCUT2D eigenvalue weighted by atomic mass is 16.4. The Balaban J connectivity index is 1.75. The number of oxime groups is 1. The van der Waals surface area contributed by atoms with Gasteiger partial charge in [0.1, 0.15) is 0 Å². The Morgan fingerprint density at radius 3 is 2.50 bits per heavy atom. The van der Waals surface area contributed by atoms with Gasteiger partial charge in [-0.2, -0.15) is 0 Å². The first-order valence-corrected chi connectivity index (χ1v) is 6.14. The Kier molecular flexibility index (Phi) is 3.66. The molecule has 0 radical (unpaired) electrons. The molecule has 0 bridgehead atoms. The zero-order valence-electron chi connectivity index (χ0n) is 9.97. The van der Waals surface area contributed by atoms with E-state index in [-0.39, 0.29) is 6.04 Å². The van der Waals surface area contributed by atoms with Gasteiger partial charge in [-0.25, -0.2) is 0 Å². The standard InChI is InChI=1S/C11H22N4O/c1-9(11(12)13-16)15-6-4-14(5-7-15)8-10-2-3-10/h9-10,16H,2-8H2,1H3,(H2,12,13). The van der Waals surface area contributed by atoms with E-state index >= 15 is 0 Å². The molecule has 16 heavy (non-hydrogen) atoms. The van der Waals surface area contributed by atoms with Gasteiger partial charge < -0.3 is 15.8 Å². The van der Waals surface area contributed by atoms with Crippen LogP contribution in [0.25, 0.3) is 0 Å². The highest BCUT2D eigenvalue weighted by Crippen LogP contribution is 2.29. The first-order valence-electron chi connectivity index (χ1n) is 6.14. The molecule has 0 amide bonds. The van der Waals surface area contributed by atoms with E-state index in [1.165, 1.54) is 19.4 Å². The summed E-state index contributed by atoms with van der Waals surface area (Å²) in [6.45, 7) is 7.52. The number of amidine groups is 1. The molecule has 1 saturated heterocycles. The maximum atomic E-state index is 8.64.